The lowest BCUT2D eigenvalue weighted by Gasteiger charge is -2.08. The molecule has 0 atom stereocenters. The van der Waals surface area contributed by atoms with E-state index in [4.69, 9.17) is 0 Å². The fraction of sp³-hybridized carbons (Fsp3) is 0.333. The van der Waals surface area contributed by atoms with Crippen LogP contribution in [0.3, 0.4) is 0 Å². The van der Waals surface area contributed by atoms with Crippen LogP contribution < -0.4 is 0 Å². The van der Waals surface area contributed by atoms with Crippen LogP contribution in [0.5, 0.6) is 0 Å². The van der Waals surface area contributed by atoms with E-state index in [-0.39, 0.29) is 0 Å². The van der Waals surface area contributed by atoms with E-state index in [1.165, 1.54) is 0 Å². The Bertz CT molecular complexity index is 692. The van der Waals surface area contributed by atoms with Crippen molar-refractivity contribution >= 4 is 11.8 Å². The number of thioether (sulfide) groups is 1. The monoisotopic (exact) mass is 314 g/mol. The smallest absolute Gasteiger partial charge is 0.191 e. The van der Waals surface area contributed by atoms with Gasteiger partial charge in [-0.1, -0.05) is 18.7 Å². The summed E-state index contributed by atoms with van der Waals surface area (Å²) in [4.78, 5) is 4.06. The van der Waals surface area contributed by atoms with E-state index in [9.17, 15) is 0 Å². The molecule has 7 heteroatoms. The molecule has 114 valence electrons. The van der Waals surface area contributed by atoms with E-state index in [1.54, 1.807) is 30.4 Å². The molecule has 0 aliphatic rings. The molecule has 0 unspecified atom stereocenters. The molecule has 0 amide bonds. The molecule has 0 aromatic carbocycles. The molecule has 6 nitrogen and oxygen atoms in total. The van der Waals surface area contributed by atoms with Gasteiger partial charge in [0.05, 0.1) is 6.54 Å². The topological polar surface area (TPSA) is 61.4 Å². The van der Waals surface area contributed by atoms with Gasteiger partial charge in [-0.05, 0) is 24.6 Å². The molecule has 0 bridgehead atoms. The summed E-state index contributed by atoms with van der Waals surface area (Å²) >= 11 is 1.71. The average molecular weight is 314 g/mol. The van der Waals surface area contributed by atoms with E-state index in [1.807, 2.05) is 29.1 Å². The summed E-state index contributed by atoms with van der Waals surface area (Å²) in [6.45, 7) is 3.94. The molecule has 3 aromatic heterocycles. The van der Waals surface area contributed by atoms with Crippen LogP contribution in [-0.4, -0.2) is 35.3 Å². The predicted molar refractivity (Wildman–Crippen MR) is 86.5 cm³/mol. The minimum Gasteiger partial charge on any atom is -0.302 e. The largest absolute Gasteiger partial charge is 0.302 e. The van der Waals surface area contributed by atoms with Gasteiger partial charge in [0.25, 0.3) is 0 Å². The van der Waals surface area contributed by atoms with Gasteiger partial charge in [0.2, 0.25) is 0 Å². The highest BCUT2D eigenvalue weighted by molar-refractivity contribution is 7.99. The van der Waals surface area contributed by atoms with Gasteiger partial charge < -0.3 is 4.57 Å². The molecular weight excluding hydrogens is 296 g/mol. The van der Waals surface area contributed by atoms with Gasteiger partial charge in [0.15, 0.2) is 11.0 Å². The van der Waals surface area contributed by atoms with Gasteiger partial charge in [0.1, 0.15) is 0 Å². The van der Waals surface area contributed by atoms with Crippen LogP contribution in [0.1, 0.15) is 13.3 Å². The van der Waals surface area contributed by atoms with Gasteiger partial charge in [-0.2, -0.15) is 5.10 Å². The fourth-order valence-electron chi connectivity index (χ4n) is 2.20. The van der Waals surface area contributed by atoms with E-state index >= 15 is 0 Å². The fourth-order valence-corrected chi connectivity index (χ4v) is 3.09. The van der Waals surface area contributed by atoms with Crippen LogP contribution in [0.2, 0.25) is 0 Å². The average Bonchev–Trinajstić information content (AvgIpc) is 3.19. The van der Waals surface area contributed by atoms with Crippen molar-refractivity contribution in [1.82, 2.24) is 29.5 Å². The van der Waals surface area contributed by atoms with Crippen molar-refractivity contribution < 1.29 is 0 Å². The zero-order valence-electron chi connectivity index (χ0n) is 12.5. The lowest BCUT2D eigenvalue weighted by Crippen LogP contribution is -2.04. The Morgan fingerprint density at radius 1 is 1.09 bits per heavy atom. The zero-order chi connectivity index (χ0) is 15.2. The Kier molecular flexibility index (Phi) is 4.85. The maximum atomic E-state index is 4.36. The van der Waals surface area contributed by atoms with E-state index in [0.717, 1.165) is 41.8 Å². The van der Waals surface area contributed by atoms with Gasteiger partial charge in [-0.25, -0.2) is 0 Å². The Hall–Kier alpha value is -2.15. The molecule has 0 N–H and O–H groups in total. The number of hydrogen-bond donors (Lipinski definition) is 0. The van der Waals surface area contributed by atoms with Crippen LogP contribution in [0.4, 0.5) is 0 Å². The Labute approximate surface area is 133 Å². The highest BCUT2D eigenvalue weighted by Crippen LogP contribution is 2.24. The van der Waals surface area contributed by atoms with Crippen molar-refractivity contribution in [2.24, 2.45) is 0 Å². The van der Waals surface area contributed by atoms with Crippen LogP contribution >= 0.6 is 11.8 Å². The summed E-state index contributed by atoms with van der Waals surface area (Å²) in [5, 5.41) is 13.9. The second-order valence-corrected chi connectivity index (χ2v) is 5.87. The normalized spacial score (nSPS) is 11.0. The summed E-state index contributed by atoms with van der Waals surface area (Å²) in [5.74, 6) is 1.82. The molecule has 0 spiro atoms. The first-order valence-electron chi connectivity index (χ1n) is 7.32. The summed E-state index contributed by atoms with van der Waals surface area (Å²) in [6, 6.07) is 5.87. The third kappa shape index (κ3) is 3.36. The first-order valence-corrected chi connectivity index (χ1v) is 8.31. The molecule has 0 saturated heterocycles. The second kappa shape index (κ2) is 7.22. The van der Waals surface area contributed by atoms with Gasteiger partial charge in [-0.15, -0.1) is 10.2 Å². The molecule has 0 saturated carbocycles. The molecular formula is C15H18N6S. The quantitative estimate of drug-likeness (QED) is 0.628. The molecule has 0 radical (unpaired) electrons. The number of aromatic nitrogens is 6. The predicted octanol–water partition coefficient (Wildman–Crippen LogP) is 2.74. The maximum Gasteiger partial charge on any atom is 0.191 e. The van der Waals surface area contributed by atoms with Gasteiger partial charge in [0, 0.05) is 42.6 Å². The second-order valence-electron chi connectivity index (χ2n) is 4.81. The van der Waals surface area contributed by atoms with Crippen LogP contribution in [0.15, 0.2) is 48.1 Å². The molecule has 3 aromatic rings. The lowest BCUT2D eigenvalue weighted by atomic mass is 10.2. The third-order valence-corrected chi connectivity index (χ3v) is 4.16. The highest BCUT2D eigenvalue weighted by atomic mass is 32.2. The molecule has 22 heavy (non-hydrogen) atoms. The van der Waals surface area contributed by atoms with Crippen LogP contribution in [-0.2, 0) is 13.1 Å². The standard InChI is InChI=1S/C15H18N6S/c1-2-9-21-14(13-4-7-16-8-5-13)18-19-15(21)22-12-11-20-10-3-6-17-20/h3-8,10H,2,9,11-12H2,1H3. The first-order chi connectivity index (χ1) is 10.9. The Balaban J connectivity index is 1.75. The minimum atomic E-state index is 0.862. The van der Waals surface area contributed by atoms with E-state index < -0.39 is 0 Å². The third-order valence-electron chi connectivity index (χ3n) is 3.21. The maximum absolute atomic E-state index is 4.36. The highest BCUT2D eigenvalue weighted by Gasteiger charge is 2.13. The zero-order valence-corrected chi connectivity index (χ0v) is 13.3. The minimum absolute atomic E-state index is 0.862. The Morgan fingerprint density at radius 2 is 1.95 bits per heavy atom. The number of nitrogens with zero attached hydrogens (tertiary/aromatic N) is 6. The van der Waals surface area contributed by atoms with Crippen molar-refractivity contribution in [1.29, 1.82) is 0 Å². The summed E-state index contributed by atoms with van der Waals surface area (Å²) in [7, 11) is 0. The number of hydrogen-bond acceptors (Lipinski definition) is 5. The first kappa shape index (κ1) is 14.8. The van der Waals surface area contributed by atoms with Crippen LogP contribution in [0.25, 0.3) is 11.4 Å². The summed E-state index contributed by atoms with van der Waals surface area (Å²) < 4.78 is 4.11. The molecule has 0 fully saturated rings. The van der Waals surface area contributed by atoms with Crippen molar-refractivity contribution in [2.75, 3.05) is 5.75 Å². The van der Waals surface area contributed by atoms with Crippen molar-refractivity contribution in [3.05, 3.63) is 43.0 Å². The molecule has 3 heterocycles. The van der Waals surface area contributed by atoms with Crippen molar-refractivity contribution in [3.63, 3.8) is 0 Å². The molecule has 0 aliphatic carbocycles. The Morgan fingerprint density at radius 3 is 2.68 bits per heavy atom. The van der Waals surface area contributed by atoms with E-state index in [2.05, 4.69) is 31.8 Å². The SMILES string of the molecule is CCCn1c(SCCn2cccn2)nnc1-c1ccncc1. The van der Waals surface area contributed by atoms with Crippen molar-refractivity contribution in [2.45, 2.75) is 31.6 Å². The summed E-state index contributed by atoms with van der Waals surface area (Å²) in [5.41, 5.74) is 1.05. The van der Waals surface area contributed by atoms with Crippen molar-refractivity contribution in [3.8, 4) is 11.4 Å². The van der Waals surface area contributed by atoms with Gasteiger partial charge in [-0.3, -0.25) is 9.67 Å². The number of pyridine rings is 1. The molecule has 0 aliphatic heterocycles. The van der Waals surface area contributed by atoms with E-state index in [0.29, 0.717) is 0 Å². The molecule has 3 rings (SSSR count). The summed E-state index contributed by atoms with van der Waals surface area (Å²) in [6.07, 6.45) is 8.38. The number of aryl methyl sites for hydroxylation is 1. The number of rotatable bonds is 7. The van der Waals surface area contributed by atoms with Gasteiger partial charge >= 0.3 is 0 Å². The van der Waals surface area contributed by atoms with Crippen LogP contribution in [0, 0.1) is 0 Å². The lowest BCUT2D eigenvalue weighted by molar-refractivity contribution is 0.623.